The van der Waals surface area contributed by atoms with Gasteiger partial charge in [-0.05, 0) is 31.0 Å². The molecule has 1 aliphatic heterocycles. The van der Waals surface area contributed by atoms with Crippen LogP contribution in [0.25, 0.3) is 0 Å². The van der Waals surface area contributed by atoms with Crippen LogP contribution in [0, 0.1) is 0 Å². The predicted molar refractivity (Wildman–Crippen MR) is 81.8 cm³/mol. The minimum Gasteiger partial charge on any atom is -0.398 e. The van der Waals surface area contributed by atoms with Crippen molar-refractivity contribution in [2.45, 2.75) is 36.6 Å². The molecule has 0 aliphatic carbocycles. The molecule has 112 valence electrons. The summed E-state index contributed by atoms with van der Waals surface area (Å²) < 4.78 is 27.7. The van der Waals surface area contributed by atoms with E-state index in [1.807, 2.05) is 0 Å². The molecular formula is C13H19BrN2O3S. The highest BCUT2D eigenvalue weighted by Gasteiger charge is 2.33. The lowest BCUT2D eigenvalue weighted by molar-refractivity contribution is 0.186. The number of nitrogens with zero attached hydrogens (tertiary/aromatic N) is 1. The summed E-state index contributed by atoms with van der Waals surface area (Å²) in [4.78, 5) is 0.104. The molecule has 1 saturated heterocycles. The second-order valence-electron chi connectivity index (χ2n) is 4.98. The lowest BCUT2D eigenvalue weighted by Gasteiger charge is -2.28. The van der Waals surface area contributed by atoms with Gasteiger partial charge in [-0.2, -0.15) is 4.31 Å². The number of hydrogen-bond donors (Lipinski definition) is 2. The van der Waals surface area contributed by atoms with Crippen molar-refractivity contribution in [3.63, 3.8) is 0 Å². The fourth-order valence-electron chi connectivity index (χ4n) is 2.51. The van der Waals surface area contributed by atoms with Crippen molar-refractivity contribution in [2.24, 2.45) is 0 Å². The van der Waals surface area contributed by atoms with Crippen LogP contribution in [0.4, 0.5) is 5.69 Å². The topological polar surface area (TPSA) is 83.6 Å². The number of rotatable bonds is 3. The van der Waals surface area contributed by atoms with Gasteiger partial charge < -0.3 is 10.8 Å². The van der Waals surface area contributed by atoms with E-state index in [1.54, 1.807) is 12.1 Å². The van der Waals surface area contributed by atoms with Gasteiger partial charge in [0.25, 0.3) is 0 Å². The molecule has 2 rings (SSSR count). The van der Waals surface area contributed by atoms with Gasteiger partial charge in [-0.25, -0.2) is 8.42 Å². The van der Waals surface area contributed by atoms with Crippen LogP contribution in [0.3, 0.4) is 0 Å². The van der Waals surface area contributed by atoms with Gasteiger partial charge in [0.2, 0.25) is 10.0 Å². The van der Waals surface area contributed by atoms with Gasteiger partial charge in [-0.1, -0.05) is 28.8 Å². The maximum atomic E-state index is 12.8. The molecule has 1 aromatic carbocycles. The summed E-state index contributed by atoms with van der Waals surface area (Å²) in [6.45, 7) is 0.270. The van der Waals surface area contributed by atoms with E-state index in [1.165, 1.54) is 10.4 Å². The highest BCUT2D eigenvalue weighted by molar-refractivity contribution is 9.10. The van der Waals surface area contributed by atoms with Crippen molar-refractivity contribution in [2.75, 3.05) is 18.9 Å². The van der Waals surface area contributed by atoms with Crippen LogP contribution < -0.4 is 5.73 Å². The summed E-state index contributed by atoms with van der Waals surface area (Å²) in [6.07, 6.45) is 3.41. The van der Waals surface area contributed by atoms with Crippen molar-refractivity contribution in [3.8, 4) is 0 Å². The number of sulfonamides is 1. The van der Waals surface area contributed by atoms with Gasteiger partial charge in [0.15, 0.2) is 0 Å². The van der Waals surface area contributed by atoms with Gasteiger partial charge in [-0.15, -0.1) is 0 Å². The predicted octanol–water partition coefficient (Wildman–Crippen LogP) is 1.96. The van der Waals surface area contributed by atoms with Crippen LogP contribution in [0.5, 0.6) is 0 Å². The van der Waals surface area contributed by atoms with E-state index in [2.05, 4.69) is 15.9 Å². The number of nitrogens with two attached hydrogens (primary N) is 1. The fourth-order valence-corrected chi connectivity index (χ4v) is 4.85. The molecule has 1 atom stereocenters. The van der Waals surface area contributed by atoms with Crippen molar-refractivity contribution in [1.29, 1.82) is 0 Å². The first-order chi connectivity index (χ1) is 9.46. The molecule has 0 saturated carbocycles. The lowest BCUT2D eigenvalue weighted by atomic mass is 10.1. The molecule has 1 heterocycles. The molecule has 1 unspecified atom stereocenters. The third kappa shape index (κ3) is 3.16. The zero-order chi connectivity index (χ0) is 14.8. The first-order valence-electron chi connectivity index (χ1n) is 6.64. The number of halogens is 1. The Hall–Kier alpha value is -0.630. The highest BCUT2D eigenvalue weighted by atomic mass is 79.9. The molecular weight excluding hydrogens is 344 g/mol. The number of benzene rings is 1. The number of aliphatic hydroxyl groups excluding tert-OH is 1. The molecule has 1 aromatic rings. The number of nitrogen functional groups attached to an aromatic ring is 1. The second-order valence-corrected chi connectivity index (χ2v) is 7.76. The number of aliphatic hydroxyl groups is 1. The first kappa shape index (κ1) is 15.8. The molecule has 0 aromatic heterocycles. The van der Waals surface area contributed by atoms with E-state index in [0.717, 1.165) is 19.3 Å². The molecule has 0 amide bonds. The molecule has 3 N–H and O–H groups in total. The van der Waals surface area contributed by atoms with E-state index in [0.29, 0.717) is 17.4 Å². The van der Waals surface area contributed by atoms with E-state index in [-0.39, 0.29) is 23.2 Å². The largest absolute Gasteiger partial charge is 0.398 e. The summed E-state index contributed by atoms with van der Waals surface area (Å²) in [5.74, 6) is 0. The van der Waals surface area contributed by atoms with Crippen LogP contribution in [0.1, 0.15) is 25.7 Å². The Balaban J connectivity index is 2.44. The molecule has 7 heteroatoms. The van der Waals surface area contributed by atoms with Crippen molar-refractivity contribution in [3.05, 3.63) is 22.7 Å². The summed E-state index contributed by atoms with van der Waals surface area (Å²) in [5, 5.41) is 9.47. The zero-order valence-electron chi connectivity index (χ0n) is 11.1. The van der Waals surface area contributed by atoms with Gasteiger partial charge in [0, 0.05) is 17.1 Å². The maximum Gasteiger partial charge on any atom is 0.245 e. The molecule has 5 nitrogen and oxygen atoms in total. The molecule has 1 fully saturated rings. The van der Waals surface area contributed by atoms with Crippen LogP contribution >= 0.6 is 15.9 Å². The van der Waals surface area contributed by atoms with Crippen LogP contribution in [-0.4, -0.2) is 37.0 Å². The molecule has 20 heavy (non-hydrogen) atoms. The Kier molecular flexibility index (Phi) is 5.06. The fraction of sp³-hybridized carbons (Fsp3) is 0.538. The highest BCUT2D eigenvalue weighted by Crippen LogP contribution is 2.29. The average molecular weight is 363 g/mol. The number of hydrogen-bond acceptors (Lipinski definition) is 4. The Morgan fingerprint density at radius 3 is 2.80 bits per heavy atom. The summed E-state index contributed by atoms with van der Waals surface area (Å²) in [6, 6.07) is 4.44. The second kappa shape index (κ2) is 6.43. The van der Waals surface area contributed by atoms with E-state index >= 15 is 0 Å². The van der Waals surface area contributed by atoms with Crippen LogP contribution in [0.2, 0.25) is 0 Å². The van der Waals surface area contributed by atoms with Crippen LogP contribution in [-0.2, 0) is 10.0 Å². The molecule has 0 bridgehead atoms. The Bertz CT molecular complexity index is 577. The Morgan fingerprint density at radius 2 is 2.10 bits per heavy atom. The molecule has 1 aliphatic rings. The number of anilines is 1. The lowest BCUT2D eigenvalue weighted by Crippen LogP contribution is -2.42. The van der Waals surface area contributed by atoms with E-state index < -0.39 is 10.0 Å². The van der Waals surface area contributed by atoms with Crippen molar-refractivity contribution < 1.29 is 13.5 Å². The van der Waals surface area contributed by atoms with Crippen molar-refractivity contribution in [1.82, 2.24) is 4.31 Å². The van der Waals surface area contributed by atoms with Crippen molar-refractivity contribution >= 4 is 31.6 Å². The third-order valence-electron chi connectivity index (χ3n) is 3.60. The van der Waals surface area contributed by atoms with Crippen LogP contribution in [0.15, 0.2) is 27.6 Å². The quantitative estimate of drug-likeness (QED) is 0.805. The maximum absolute atomic E-state index is 12.8. The Labute approximate surface area is 128 Å². The summed E-state index contributed by atoms with van der Waals surface area (Å²) in [5.41, 5.74) is 6.05. The minimum absolute atomic E-state index is 0.104. The normalized spacial score (nSPS) is 21.6. The molecule has 0 spiro atoms. The van der Waals surface area contributed by atoms with Gasteiger partial charge in [0.1, 0.15) is 4.90 Å². The monoisotopic (exact) mass is 362 g/mol. The minimum atomic E-state index is -3.68. The molecule has 0 radical (unpaired) electrons. The van der Waals surface area contributed by atoms with Gasteiger partial charge in [-0.3, -0.25) is 0 Å². The SMILES string of the molecule is Nc1ccc(Br)cc1S(=O)(=O)N1CCCCCC1CO. The third-order valence-corrected chi connectivity index (χ3v) is 6.10. The first-order valence-corrected chi connectivity index (χ1v) is 8.88. The Morgan fingerprint density at radius 1 is 1.35 bits per heavy atom. The van der Waals surface area contributed by atoms with Gasteiger partial charge >= 0.3 is 0 Å². The summed E-state index contributed by atoms with van der Waals surface area (Å²) >= 11 is 3.27. The van der Waals surface area contributed by atoms with E-state index in [9.17, 15) is 13.5 Å². The average Bonchev–Trinajstić information content (AvgIpc) is 2.66. The van der Waals surface area contributed by atoms with E-state index in [4.69, 9.17) is 5.73 Å². The standard InChI is InChI=1S/C13H19BrN2O3S/c14-10-5-6-12(15)13(8-10)20(18,19)16-7-3-1-2-4-11(16)9-17/h5-6,8,11,17H,1-4,7,9,15H2. The van der Waals surface area contributed by atoms with Gasteiger partial charge in [0.05, 0.1) is 12.3 Å². The smallest absolute Gasteiger partial charge is 0.245 e. The zero-order valence-corrected chi connectivity index (χ0v) is 13.5. The summed E-state index contributed by atoms with van der Waals surface area (Å²) in [7, 11) is -3.68.